The predicted molar refractivity (Wildman–Crippen MR) is 71.6 cm³/mol. The van der Waals surface area contributed by atoms with Gasteiger partial charge in [0.25, 0.3) is 5.91 Å². The van der Waals surface area contributed by atoms with Crippen molar-refractivity contribution >= 4 is 33.8 Å². The van der Waals surface area contributed by atoms with Gasteiger partial charge in [-0.05, 0) is 12.0 Å². The lowest BCUT2D eigenvalue weighted by Gasteiger charge is -1.93. The first-order valence-corrected chi connectivity index (χ1v) is 6.43. The number of anilines is 1. The number of aromatic nitrogens is 2. The fraction of sp³-hybridized carbons (Fsp3) is 0. The SMILES string of the molecule is Nc1ncc(C#Cc2cncc(C(=O)N=S=O)c2)s1. The van der Waals surface area contributed by atoms with Crippen LogP contribution in [0.1, 0.15) is 20.8 Å². The van der Waals surface area contributed by atoms with Gasteiger partial charge in [0.05, 0.1) is 16.6 Å². The molecule has 0 aliphatic carbocycles. The normalized spacial score (nSPS) is 9.26. The standard InChI is InChI=1S/C11H6N4O2S2/c12-11-14-6-9(18-11)2-1-7-3-8(5-13-4-7)10(16)15-19-17/h3-6H,(H2,12,14). The molecule has 2 N–H and O–H groups in total. The van der Waals surface area contributed by atoms with E-state index in [4.69, 9.17) is 5.73 Å². The number of nitrogen functional groups attached to an aromatic ring is 1. The number of carbonyl (C=O) groups excluding carboxylic acids is 1. The maximum atomic E-state index is 11.4. The van der Waals surface area contributed by atoms with Crippen molar-refractivity contribution in [2.75, 3.05) is 5.73 Å². The van der Waals surface area contributed by atoms with Gasteiger partial charge in [0, 0.05) is 18.0 Å². The summed E-state index contributed by atoms with van der Waals surface area (Å²) in [7, 11) is 0. The number of pyridine rings is 1. The highest BCUT2D eigenvalue weighted by atomic mass is 32.1. The van der Waals surface area contributed by atoms with E-state index < -0.39 is 5.91 Å². The molecule has 0 aliphatic heterocycles. The molecule has 0 fully saturated rings. The molecule has 2 rings (SSSR count). The number of rotatable bonds is 1. The summed E-state index contributed by atoms with van der Waals surface area (Å²) in [4.78, 5) is 19.8. The lowest BCUT2D eigenvalue weighted by Crippen LogP contribution is -1.95. The highest BCUT2D eigenvalue weighted by molar-refractivity contribution is 7.55. The maximum Gasteiger partial charge on any atom is 0.291 e. The first-order chi connectivity index (χ1) is 9.19. The molecule has 0 aromatic carbocycles. The highest BCUT2D eigenvalue weighted by Crippen LogP contribution is 2.12. The van der Waals surface area contributed by atoms with Crippen LogP contribution in [0.2, 0.25) is 0 Å². The Morgan fingerprint density at radius 1 is 1.37 bits per heavy atom. The van der Waals surface area contributed by atoms with E-state index in [1.807, 2.05) is 0 Å². The van der Waals surface area contributed by atoms with Gasteiger partial charge in [0.15, 0.2) is 5.13 Å². The Morgan fingerprint density at radius 2 is 2.21 bits per heavy atom. The minimum absolute atomic E-state index is 0.135. The summed E-state index contributed by atoms with van der Waals surface area (Å²) >= 11 is 1.13. The summed E-state index contributed by atoms with van der Waals surface area (Å²) in [5, 5.41) is 0.442. The molecule has 2 heterocycles. The summed E-state index contributed by atoms with van der Waals surface area (Å²) in [6.07, 6.45) is 4.41. The lowest BCUT2D eigenvalue weighted by atomic mass is 10.2. The molecule has 0 radical (unpaired) electrons. The number of amides is 1. The third kappa shape index (κ3) is 3.54. The summed E-state index contributed by atoms with van der Waals surface area (Å²) in [5.41, 5.74) is 6.25. The van der Waals surface area contributed by atoms with Crippen molar-refractivity contribution in [3.63, 3.8) is 0 Å². The predicted octanol–water partition coefficient (Wildman–Crippen LogP) is 1.06. The molecule has 19 heavy (non-hydrogen) atoms. The lowest BCUT2D eigenvalue weighted by molar-refractivity contribution is 0.100. The smallest absolute Gasteiger partial charge is 0.291 e. The van der Waals surface area contributed by atoms with E-state index >= 15 is 0 Å². The van der Waals surface area contributed by atoms with Gasteiger partial charge >= 0.3 is 0 Å². The summed E-state index contributed by atoms with van der Waals surface area (Å²) in [6, 6.07) is 1.52. The minimum atomic E-state index is -0.627. The van der Waals surface area contributed by atoms with E-state index in [1.54, 1.807) is 6.20 Å². The Balaban J connectivity index is 2.27. The maximum absolute atomic E-state index is 11.4. The van der Waals surface area contributed by atoms with Crippen LogP contribution in [0.4, 0.5) is 5.13 Å². The monoisotopic (exact) mass is 290 g/mol. The molecule has 0 saturated heterocycles. The minimum Gasteiger partial charge on any atom is -0.375 e. The van der Waals surface area contributed by atoms with Crippen molar-refractivity contribution in [2.24, 2.45) is 4.36 Å². The number of hydrogen-bond acceptors (Lipinski definition) is 6. The number of nitrogens with zero attached hydrogens (tertiary/aromatic N) is 3. The van der Waals surface area contributed by atoms with Crippen LogP contribution in [0, 0.1) is 11.8 Å². The second-order valence-electron chi connectivity index (χ2n) is 3.25. The molecular weight excluding hydrogens is 284 g/mol. The summed E-state index contributed by atoms with van der Waals surface area (Å²) in [6.45, 7) is 0. The van der Waals surface area contributed by atoms with E-state index in [9.17, 15) is 9.00 Å². The fourth-order valence-corrected chi connectivity index (χ4v) is 1.90. The Bertz CT molecular complexity index is 738. The molecule has 0 saturated carbocycles. The first-order valence-electron chi connectivity index (χ1n) is 4.92. The molecule has 0 unspecified atom stereocenters. The van der Waals surface area contributed by atoms with Crippen LogP contribution in [0.3, 0.4) is 0 Å². The Kier molecular flexibility index (Phi) is 4.12. The topological polar surface area (TPSA) is 98.3 Å². The van der Waals surface area contributed by atoms with Gasteiger partial charge in [-0.2, -0.15) is 4.21 Å². The van der Waals surface area contributed by atoms with Crippen molar-refractivity contribution in [1.82, 2.24) is 9.97 Å². The number of thiazole rings is 1. The molecule has 2 aromatic heterocycles. The van der Waals surface area contributed by atoms with Crippen LogP contribution in [-0.4, -0.2) is 20.1 Å². The van der Waals surface area contributed by atoms with Gasteiger partial charge in [-0.1, -0.05) is 17.3 Å². The van der Waals surface area contributed by atoms with Crippen LogP contribution in [0.25, 0.3) is 0 Å². The number of nitrogens with two attached hydrogens (primary N) is 1. The molecule has 0 aliphatic rings. The van der Waals surface area contributed by atoms with Gasteiger partial charge in [0.1, 0.15) is 0 Å². The fourth-order valence-electron chi connectivity index (χ4n) is 1.19. The zero-order valence-electron chi connectivity index (χ0n) is 9.36. The van der Waals surface area contributed by atoms with Crippen molar-refractivity contribution in [3.8, 4) is 11.8 Å². The molecule has 8 heteroatoms. The van der Waals surface area contributed by atoms with E-state index in [0.29, 0.717) is 15.6 Å². The largest absolute Gasteiger partial charge is 0.375 e. The number of hydrogen-bond donors (Lipinski definition) is 1. The van der Waals surface area contributed by atoms with E-state index in [0.717, 1.165) is 0 Å². The van der Waals surface area contributed by atoms with Gasteiger partial charge < -0.3 is 5.73 Å². The third-order valence-electron chi connectivity index (χ3n) is 1.96. The van der Waals surface area contributed by atoms with Crippen LogP contribution in [0.15, 0.2) is 29.0 Å². The van der Waals surface area contributed by atoms with E-state index in [-0.39, 0.29) is 17.0 Å². The van der Waals surface area contributed by atoms with Gasteiger partial charge in [0.2, 0.25) is 11.5 Å². The molecule has 6 nitrogen and oxygen atoms in total. The van der Waals surface area contributed by atoms with Crippen molar-refractivity contribution in [1.29, 1.82) is 0 Å². The molecular formula is C11H6N4O2S2. The Hall–Kier alpha value is -2.37. The second-order valence-corrected chi connectivity index (χ2v) is 4.64. The molecule has 0 spiro atoms. The van der Waals surface area contributed by atoms with Crippen LogP contribution in [-0.2, 0) is 11.5 Å². The van der Waals surface area contributed by atoms with Gasteiger partial charge in [-0.25, -0.2) is 4.98 Å². The molecule has 2 aromatic rings. The zero-order valence-corrected chi connectivity index (χ0v) is 11.0. The highest BCUT2D eigenvalue weighted by Gasteiger charge is 2.04. The second kappa shape index (κ2) is 5.99. The Morgan fingerprint density at radius 3 is 2.89 bits per heavy atom. The molecule has 1 amide bonds. The molecule has 94 valence electrons. The number of carbonyl (C=O) groups is 1. The van der Waals surface area contributed by atoms with Gasteiger partial charge in [-0.3, -0.25) is 9.78 Å². The van der Waals surface area contributed by atoms with Crippen molar-refractivity contribution in [2.45, 2.75) is 0 Å². The molecule has 0 bridgehead atoms. The van der Waals surface area contributed by atoms with Gasteiger partial charge in [-0.15, -0.1) is 4.36 Å². The third-order valence-corrected chi connectivity index (χ3v) is 2.94. The Labute approximate surface area is 116 Å². The quantitative estimate of drug-likeness (QED) is 0.792. The van der Waals surface area contributed by atoms with E-state index in [2.05, 4.69) is 26.2 Å². The molecule has 0 atom stereocenters. The van der Waals surface area contributed by atoms with E-state index in [1.165, 1.54) is 29.8 Å². The van der Waals surface area contributed by atoms with Crippen LogP contribution in [0.5, 0.6) is 0 Å². The van der Waals surface area contributed by atoms with Crippen molar-refractivity contribution < 1.29 is 9.00 Å². The average molecular weight is 290 g/mol. The summed E-state index contributed by atoms with van der Waals surface area (Å²) in [5.74, 6) is 5.07. The average Bonchev–Trinajstić information content (AvgIpc) is 2.83. The first kappa shape index (κ1) is 13.1. The van der Waals surface area contributed by atoms with Crippen LogP contribution >= 0.6 is 11.3 Å². The summed E-state index contributed by atoms with van der Waals surface area (Å²) < 4.78 is 13.3. The van der Waals surface area contributed by atoms with Crippen LogP contribution < -0.4 is 5.73 Å². The zero-order chi connectivity index (χ0) is 13.7. The van der Waals surface area contributed by atoms with Crippen molar-refractivity contribution in [3.05, 3.63) is 40.7 Å².